The van der Waals surface area contributed by atoms with Crippen LogP contribution in [0.4, 0.5) is 4.39 Å². The molecule has 0 aliphatic carbocycles. The molecule has 0 aliphatic rings. The van der Waals surface area contributed by atoms with Gasteiger partial charge in [-0.1, -0.05) is 13.8 Å². The minimum atomic E-state index is -0.222. The molecule has 0 radical (unpaired) electrons. The summed E-state index contributed by atoms with van der Waals surface area (Å²) in [7, 11) is 3.96. The van der Waals surface area contributed by atoms with Gasteiger partial charge in [0, 0.05) is 32.2 Å². The second-order valence-corrected chi connectivity index (χ2v) is 5.71. The van der Waals surface area contributed by atoms with Crippen LogP contribution in [0.25, 0.3) is 0 Å². The number of alkyl halides is 1. The van der Waals surface area contributed by atoms with E-state index in [1.54, 1.807) is 0 Å². The first-order chi connectivity index (χ1) is 9.58. The van der Waals surface area contributed by atoms with Gasteiger partial charge in [0.25, 0.3) is 0 Å². The predicted molar refractivity (Wildman–Crippen MR) is 85.9 cm³/mol. The lowest BCUT2D eigenvalue weighted by Crippen LogP contribution is -2.50. The minimum Gasteiger partial charge on any atom is -0.318 e. The third-order valence-electron chi connectivity index (χ3n) is 3.71. The highest BCUT2D eigenvalue weighted by molar-refractivity contribution is 4.74. The lowest BCUT2D eigenvalue weighted by atomic mass is 10.1. The summed E-state index contributed by atoms with van der Waals surface area (Å²) >= 11 is 0. The van der Waals surface area contributed by atoms with Gasteiger partial charge in [0.05, 0.1) is 12.8 Å². The lowest BCUT2D eigenvalue weighted by Gasteiger charge is -2.33. The van der Waals surface area contributed by atoms with Crippen molar-refractivity contribution in [3.05, 3.63) is 0 Å². The monoisotopic (exact) mass is 290 g/mol. The summed E-state index contributed by atoms with van der Waals surface area (Å²) < 4.78 is 12.6. The van der Waals surface area contributed by atoms with Crippen LogP contribution in [0.2, 0.25) is 0 Å². The van der Waals surface area contributed by atoms with Crippen molar-refractivity contribution in [2.75, 3.05) is 46.9 Å². The smallest absolute Gasteiger partial charge is 0.0920 e. The van der Waals surface area contributed by atoms with Gasteiger partial charge in [-0.2, -0.15) is 0 Å². The van der Waals surface area contributed by atoms with Crippen LogP contribution in [0.15, 0.2) is 0 Å². The predicted octanol–water partition coefficient (Wildman–Crippen LogP) is 1.44. The van der Waals surface area contributed by atoms with E-state index < -0.39 is 0 Å². The zero-order chi connectivity index (χ0) is 15.4. The van der Waals surface area contributed by atoms with E-state index in [2.05, 4.69) is 34.7 Å². The molecule has 122 valence electrons. The summed E-state index contributed by atoms with van der Waals surface area (Å²) in [5.74, 6) is 0.152. The maximum atomic E-state index is 12.6. The van der Waals surface area contributed by atoms with E-state index in [0.717, 1.165) is 39.0 Å². The maximum Gasteiger partial charge on any atom is 0.0920 e. The summed E-state index contributed by atoms with van der Waals surface area (Å²) in [4.78, 5) is 2.43. The number of nitrogens with one attached hydrogen (secondary N) is 3. The highest BCUT2D eigenvalue weighted by Gasteiger charge is 2.18. The number of hydrogen-bond donors (Lipinski definition) is 3. The molecule has 0 aromatic heterocycles. The molecule has 4 nitrogen and oxygen atoms in total. The molecule has 3 unspecified atom stereocenters. The molecule has 3 atom stereocenters. The van der Waals surface area contributed by atoms with Crippen molar-refractivity contribution in [1.82, 2.24) is 20.9 Å². The fourth-order valence-corrected chi connectivity index (χ4v) is 2.34. The van der Waals surface area contributed by atoms with E-state index in [1.165, 1.54) is 0 Å². The summed E-state index contributed by atoms with van der Waals surface area (Å²) in [6.07, 6.45) is 2.34. The summed E-state index contributed by atoms with van der Waals surface area (Å²) in [6.45, 7) is 10.0. The molecule has 0 bridgehead atoms. The molecule has 0 aliphatic heterocycles. The van der Waals surface area contributed by atoms with Crippen molar-refractivity contribution in [2.24, 2.45) is 5.92 Å². The topological polar surface area (TPSA) is 39.3 Å². The van der Waals surface area contributed by atoms with Gasteiger partial charge in [-0.25, -0.2) is 0 Å². The lowest BCUT2D eigenvalue weighted by molar-refractivity contribution is 0.141. The van der Waals surface area contributed by atoms with Gasteiger partial charge in [-0.15, -0.1) is 0 Å². The quantitative estimate of drug-likeness (QED) is 0.354. The average Bonchev–Trinajstić information content (AvgIpc) is 2.45. The van der Waals surface area contributed by atoms with E-state index in [-0.39, 0.29) is 12.6 Å². The molecule has 0 saturated heterocycles. The highest BCUT2D eigenvalue weighted by atomic mass is 19.1. The van der Waals surface area contributed by atoms with Crippen molar-refractivity contribution in [3.8, 4) is 0 Å². The molecule has 5 heteroatoms. The Labute approximate surface area is 124 Å². The molecule has 0 amide bonds. The van der Waals surface area contributed by atoms with Crippen LogP contribution < -0.4 is 16.0 Å². The van der Waals surface area contributed by atoms with Crippen LogP contribution >= 0.6 is 0 Å². The van der Waals surface area contributed by atoms with Gasteiger partial charge in [0.1, 0.15) is 0 Å². The Balaban J connectivity index is 4.28. The van der Waals surface area contributed by atoms with Gasteiger partial charge in [0.15, 0.2) is 0 Å². The zero-order valence-electron chi connectivity index (χ0n) is 14.0. The second-order valence-electron chi connectivity index (χ2n) is 5.71. The maximum absolute atomic E-state index is 12.6. The van der Waals surface area contributed by atoms with Crippen molar-refractivity contribution < 1.29 is 4.39 Å². The number of nitrogens with zero attached hydrogens (tertiary/aromatic N) is 1. The molecular formula is C15H35FN4. The van der Waals surface area contributed by atoms with E-state index in [9.17, 15) is 4.39 Å². The van der Waals surface area contributed by atoms with Crippen molar-refractivity contribution >= 4 is 0 Å². The van der Waals surface area contributed by atoms with Crippen LogP contribution in [0, 0.1) is 5.92 Å². The SMILES string of the molecule is CCC(NC)N(CCC(C)CF)CC(C)NCCNC. The Morgan fingerprint density at radius 2 is 1.85 bits per heavy atom. The van der Waals surface area contributed by atoms with Crippen LogP contribution in [0.1, 0.15) is 33.6 Å². The first-order valence-electron chi connectivity index (χ1n) is 7.94. The Morgan fingerprint density at radius 3 is 2.35 bits per heavy atom. The van der Waals surface area contributed by atoms with E-state index in [0.29, 0.717) is 12.2 Å². The molecule has 0 spiro atoms. The van der Waals surface area contributed by atoms with Crippen LogP contribution in [0.5, 0.6) is 0 Å². The Hall–Kier alpha value is -0.230. The standard InChI is InChI=1S/C15H35FN4/c1-6-15(18-5)20(10-7-13(2)11-16)12-14(3)19-9-8-17-4/h13-15,17-19H,6-12H2,1-5H3. The normalized spacial score (nSPS) is 16.4. The third-order valence-corrected chi connectivity index (χ3v) is 3.71. The van der Waals surface area contributed by atoms with E-state index in [4.69, 9.17) is 0 Å². The van der Waals surface area contributed by atoms with Crippen LogP contribution in [-0.2, 0) is 0 Å². The molecule has 20 heavy (non-hydrogen) atoms. The van der Waals surface area contributed by atoms with Gasteiger partial charge in [0.2, 0.25) is 0 Å². The molecule has 0 aromatic carbocycles. The van der Waals surface area contributed by atoms with Crippen molar-refractivity contribution in [2.45, 2.75) is 45.8 Å². The number of halogens is 1. The Morgan fingerprint density at radius 1 is 1.15 bits per heavy atom. The van der Waals surface area contributed by atoms with Crippen LogP contribution in [0.3, 0.4) is 0 Å². The second kappa shape index (κ2) is 12.5. The van der Waals surface area contributed by atoms with Crippen molar-refractivity contribution in [3.63, 3.8) is 0 Å². The highest BCUT2D eigenvalue weighted by Crippen LogP contribution is 2.09. The largest absolute Gasteiger partial charge is 0.318 e. The molecule has 3 N–H and O–H groups in total. The first-order valence-corrected chi connectivity index (χ1v) is 7.94. The fourth-order valence-electron chi connectivity index (χ4n) is 2.34. The van der Waals surface area contributed by atoms with Crippen molar-refractivity contribution in [1.29, 1.82) is 0 Å². The number of hydrogen-bond acceptors (Lipinski definition) is 4. The summed E-state index contributed by atoms with van der Waals surface area (Å²) in [6, 6.07) is 0.437. The molecule has 0 rings (SSSR count). The van der Waals surface area contributed by atoms with Gasteiger partial charge >= 0.3 is 0 Å². The van der Waals surface area contributed by atoms with Gasteiger partial charge < -0.3 is 16.0 Å². The number of rotatable bonds is 13. The Bertz CT molecular complexity index is 212. The number of likely N-dealkylation sites (N-methyl/N-ethyl adjacent to an activating group) is 1. The van der Waals surface area contributed by atoms with Gasteiger partial charge in [-0.3, -0.25) is 9.29 Å². The van der Waals surface area contributed by atoms with E-state index >= 15 is 0 Å². The Kier molecular flexibility index (Phi) is 12.4. The molecular weight excluding hydrogens is 255 g/mol. The van der Waals surface area contributed by atoms with Crippen LogP contribution in [-0.4, -0.2) is 64.1 Å². The minimum absolute atomic E-state index is 0.152. The summed E-state index contributed by atoms with van der Waals surface area (Å²) in [5, 5.41) is 10.0. The first kappa shape index (κ1) is 19.8. The molecule has 0 fully saturated rings. The van der Waals surface area contributed by atoms with Gasteiger partial charge in [-0.05, 0) is 39.8 Å². The fraction of sp³-hybridized carbons (Fsp3) is 1.00. The average molecular weight is 290 g/mol. The summed E-state index contributed by atoms with van der Waals surface area (Å²) in [5.41, 5.74) is 0. The molecule has 0 aromatic rings. The molecule has 0 heterocycles. The zero-order valence-corrected chi connectivity index (χ0v) is 14.0. The molecule has 0 saturated carbocycles. The third kappa shape index (κ3) is 8.84. The van der Waals surface area contributed by atoms with E-state index in [1.807, 2.05) is 21.0 Å².